The number of hydrogen-bond acceptors (Lipinski definition) is 2. The first-order valence-electron chi connectivity index (χ1n) is 7.99. The first-order chi connectivity index (χ1) is 9.14. The van der Waals surface area contributed by atoms with Crippen molar-refractivity contribution in [3.63, 3.8) is 0 Å². The maximum absolute atomic E-state index is 11.6. The summed E-state index contributed by atoms with van der Waals surface area (Å²) in [4.78, 5) is 11.6. The maximum atomic E-state index is 11.6. The summed E-state index contributed by atoms with van der Waals surface area (Å²) in [5.74, 6) is 2.99. The lowest BCUT2D eigenvalue weighted by Crippen LogP contribution is -2.45. The van der Waals surface area contributed by atoms with Crippen LogP contribution in [-0.2, 0) is 9.53 Å². The summed E-state index contributed by atoms with van der Waals surface area (Å²) in [6.45, 7) is 5.71. The predicted molar refractivity (Wildman–Crippen MR) is 75.6 cm³/mol. The molecule has 106 valence electrons. The van der Waals surface area contributed by atoms with Gasteiger partial charge in [-0.05, 0) is 56.8 Å². The fourth-order valence-corrected chi connectivity index (χ4v) is 5.28. The van der Waals surface area contributed by atoms with Crippen molar-refractivity contribution in [3.05, 3.63) is 12.7 Å². The first-order valence-corrected chi connectivity index (χ1v) is 7.99. The first kappa shape index (κ1) is 13.2. The molecule has 0 radical (unpaired) electrons. The Balaban J connectivity index is 1.80. The van der Waals surface area contributed by atoms with Crippen molar-refractivity contribution in [2.24, 2.45) is 23.7 Å². The number of hydrogen-bond donors (Lipinski definition) is 0. The minimum atomic E-state index is -0.238. The normalized spacial score (nSPS) is 45.1. The number of fused-ring (bicyclic) bond motifs is 3. The van der Waals surface area contributed by atoms with Crippen LogP contribution in [0.25, 0.3) is 0 Å². The molecular weight excluding hydrogens is 236 g/mol. The molecule has 2 heteroatoms. The number of rotatable bonds is 2. The minimum absolute atomic E-state index is 0.231. The Hall–Kier alpha value is -0.790. The number of esters is 1. The molecule has 0 heterocycles. The van der Waals surface area contributed by atoms with E-state index in [1.54, 1.807) is 0 Å². The Morgan fingerprint density at radius 3 is 2.74 bits per heavy atom. The van der Waals surface area contributed by atoms with E-state index in [-0.39, 0.29) is 11.6 Å². The van der Waals surface area contributed by atoms with Crippen LogP contribution in [0.3, 0.4) is 0 Å². The van der Waals surface area contributed by atoms with Crippen molar-refractivity contribution < 1.29 is 9.53 Å². The molecular formula is C17H26O2. The van der Waals surface area contributed by atoms with Gasteiger partial charge in [-0.25, -0.2) is 4.79 Å². The summed E-state index contributed by atoms with van der Waals surface area (Å²) in [6.07, 6.45) is 11.8. The fraction of sp³-hybridized carbons (Fsp3) is 0.824. The third-order valence-electron chi connectivity index (χ3n) is 6.09. The Kier molecular flexibility index (Phi) is 3.44. The van der Waals surface area contributed by atoms with Crippen LogP contribution in [-0.4, -0.2) is 11.6 Å². The lowest BCUT2D eigenvalue weighted by atomic mass is 9.68. The quantitative estimate of drug-likeness (QED) is 0.553. The summed E-state index contributed by atoms with van der Waals surface area (Å²) < 4.78 is 5.79. The number of ether oxygens (including phenoxy) is 1. The Labute approximate surface area is 116 Å². The molecule has 0 aromatic carbocycles. The van der Waals surface area contributed by atoms with Crippen LogP contribution in [0.2, 0.25) is 0 Å². The van der Waals surface area contributed by atoms with E-state index in [4.69, 9.17) is 4.74 Å². The van der Waals surface area contributed by atoms with Crippen LogP contribution in [0.15, 0.2) is 12.7 Å². The van der Waals surface area contributed by atoms with Crippen molar-refractivity contribution in [2.75, 3.05) is 0 Å². The summed E-state index contributed by atoms with van der Waals surface area (Å²) in [5.41, 5.74) is -0.231. The van der Waals surface area contributed by atoms with Gasteiger partial charge in [0, 0.05) is 12.0 Å². The highest BCUT2D eigenvalue weighted by molar-refractivity contribution is 5.81. The van der Waals surface area contributed by atoms with Gasteiger partial charge in [0.15, 0.2) is 0 Å². The molecule has 2 nitrogen and oxygen atoms in total. The average molecular weight is 262 g/mol. The van der Waals surface area contributed by atoms with Crippen molar-refractivity contribution >= 4 is 5.97 Å². The molecule has 0 aromatic rings. The van der Waals surface area contributed by atoms with Gasteiger partial charge in [-0.1, -0.05) is 25.8 Å². The van der Waals surface area contributed by atoms with E-state index in [0.717, 1.165) is 24.2 Å². The van der Waals surface area contributed by atoms with E-state index < -0.39 is 0 Å². The third kappa shape index (κ3) is 2.23. The van der Waals surface area contributed by atoms with Crippen LogP contribution >= 0.6 is 0 Å². The zero-order valence-corrected chi connectivity index (χ0v) is 12.1. The molecule has 5 atom stereocenters. The monoisotopic (exact) mass is 262 g/mol. The van der Waals surface area contributed by atoms with Crippen LogP contribution in [0.4, 0.5) is 0 Å². The van der Waals surface area contributed by atoms with Gasteiger partial charge in [0.1, 0.15) is 5.60 Å². The molecule has 0 spiro atoms. The molecule has 3 saturated carbocycles. The van der Waals surface area contributed by atoms with Crippen LogP contribution in [0.1, 0.15) is 58.3 Å². The lowest BCUT2D eigenvalue weighted by molar-refractivity contribution is -0.164. The molecule has 0 aromatic heterocycles. The largest absolute Gasteiger partial charge is 0.456 e. The molecule has 3 fully saturated rings. The standard InChI is InChI=1S/C17H26O2/c1-3-16(18)19-17(2)10-6-9-14-13-8-5-4-7-12(13)11-15(14)17/h3,12-15H,1,4-11H2,2H3. The summed E-state index contributed by atoms with van der Waals surface area (Å²) in [5, 5.41) is 0. The van der Waals surface area contributed by atoms with Gasteiger partial charge in [0.2, 0.25) is 0 Å². The highest BCUT2D eigenvalue weighted by Crippen LogP contribution is 2.57. The highest BCUT2D eigenvalue weighted by Gasteiger charge is 2.54. The molecule has 0 N–H and O–H groups in total. The van der Waals surface area contributed by atoms with Crippen LogP contribution in [0.5, 0.6) is 0 Å². The van der Waals surface area contributed by atoms with Crippen molar-refractivity contribution in [1.29, 1.82) is 0 Å². The molecule has 3 rings (SSSR count). The van der Waals surface area contributed by atoms with Crippen LogP contribution < -0.4 is 0 Å². The Morgan fingerprint density at radius 1 is 1.21 bits per heavy atom. The second-order valence-corrected chi connectivity index (χ2v) is 7.04. The second-order valence-electron chi connectivity index (χ2n) is 7.04. The van der Waals surface area contributed by atoms with Crippen molar-refractivity contribution in [2.45, 2.75) is 63.9 Å². The molecule has 0 aliphatic heterocycles. The molecule has 19 heavy (non-hydrogen) atoms. The van der Waals surface area contributed by atoms with Gasteiger partial charge < -0.3 is 4.74 Å². The van der Waals surface area contributed by atoms with Gasteiger partial charge >= 0.3 is 5.97 Å². The van der Waals surface area contributed by atoms with Gasteiger partial charge in [0.05, 0.1) is 0 Å². The van der Waals surface area contributed by atoms with Gasteiger partial charge in [-0.15, -0.1) is 0 Å². The fourth-order valence-electron chi connectivity index (χ4n) is 5.28. The topological polar surface area (TPSA) is 26.3 Å². The summed E-state index contributed by atoms with van der Waals surface area (Å²) >= 11 is 0. The molecule has 0 bridgehead atoms. The molecule has 3 aliphatic carbocycles. The van der Waals surface area contributed by atoms with E-state index in [0.29, 0.717) is 5.92 Å². The smallest absolute Gasteiger partial charge is 0.330 e. The maximum Gasteiger partial charge on any atom is 0.330 e. The molecule has 0 amide bonds. The molecule has 5 unspecified atom stereocenters. The minimum Gasteiger partial charge on any atom is -0.456 e. The van der Waals surface area contributed by atoms with Gasteiger partial charge in [-0.2, -0.15) is 0 Å². The van der Waals surface area contributed by atoms with E-state index in [1.165, 1.54) is 51.0 Å². The van der Waals surface area contributed by atoms with Crippen molar-refractivity contribution in [3.8, 4) is 0 Å². The Bertz CT molecular complexity index is 375. The van der Waals surface area contributed by atoms with E-state index in [9.17, 15) is 4.79 Å². The summed E-state index contributed by atoms with van der Waals surface area (Å²) in [7, 11) is 0. The Morgan fingerprint density at radius 2 is 1.95 bits per heavy atom. The highest BCUT2D eigenvalue weighted by atomic mass is 16.6. The second kappa shape index (κ2) is 4.96. The number of carbonyl (C=O) groups excluding carboxylic acids is 1. The average Bonchev–Trinajstić information content (AvgIpc) is 2.79. The van der Waals surface area contributed by atoms with Crippen molar-refractivity contribution in [1.82, 2.24) is 0 Å². The number of carbonyl (C=O) groups is 1. The van der Waals surface area contributed by atoms with Gasteiger partial charge in [0.25, 0.3) is 0 Å². The van der Waals surface area contributed by atoms with E-state index in [1.807, 2.05) is 0 Å². The summed E-state index contributed by atoms with van der Waals surface area (Å²) in [6, 6.07) is 0. The van der Waals surface area contributed by atoms with E-state index in [2.05, 4.69) is 13.5 Å². The third-order valence-corrected chi connectivity index (χ3v) is 6.09. The molecule has 3 aliphatic rings. The SMILES string of the molecule is C=CC(=O)OC1(C)CCCC2C3CCCCC3CC21. The molecule has 0 saturated heterocycles. The zero-order chi connectivity index (χ0) is 13.5. The predicted octanol–water partition coefficient (Wildman–Crippen LogP) is 4.10. The van der Waals surface area contributed by atoms with Crippen LogP contribution in [0, 0.1) is 23.7 Å². The van der Waals surface area contributed by atoms with Gasteiger partial charge in [-0.3, -0.25) is 0 Å². The lowest BCUT2D eigenvalue weighted by Gasteiger charge is -2.43. The van der Waals surface area contributed by atoms with E-state index >= 15 is 0 Å². The zero-order valence-electron chi connectivity index (χ0n) is 12.1.